The minimum atomic E-state index is -0.805. The highest BCUT2D eigenvalue weighted by atomic mass is 16.7. The molecule has 8 nitrogen and oxygen atoms in total. The molecule has 0 aromatic heterocycles. The first-order chi connectivity index (χ1) is 16.9. The van der Waals surface area contributed by atoms with Gasteiger partial charge in [0.2, 0.25) is 0 Å². The molecule has 0 aliphatic carbocycles. The van der Waals surface area contributed by atoms with Crippen molar-refractivity contribution in [3.63, 3.8) is 0 Å². The highest BCUT2D eigenvalue weighted by molar-refractivity contribution is 6.04. The fourth-order valence-corrected chi connectivity index (χ4v) is 3.26. The molecule has 8 heteroatoms. The molecule has 3 aromatic carbocycles. The van der Waals surface area contributed by atoms with Crippen molar-refractivity contribution in [3.8, 4) is 11.5 Å². The van der Waals surface area contributed by atoms with Crippen LogP contribution in [-0.4, -0.2) is 31.2 Å². The predicted octanol–water partition coefficient (Wildman–Crippen LogP) is 4.79. The molecule has 0 unspecified atom stereocenters. The van der Waals surface area contributed by atoms with E-state index >= 15 is 0 Å². The molecule has 0 heterocycles. The number of ether oxygens (including phenoxy) is 3. The lowest BCUT2D eigenvalue weighted by atomic mass is 10.1. The Kier molecular flexibility index (Phi) is 8.83. The number of hydrogen-bond acceptors (Lipinski definition) is 6. The van der Waals surface area contributed by atoms with Crippen molar-refractivity contribution in [1.82, 2.24) is 5.32 Å². The second-order valence-electron chi connectivity index (χ2n) is 7.76. The monoisotopic (exact) mass is 476 g/mol. The maximum atomic E-state index is 12.7. The lowest BCUT2D eigenvalue weighted by Crippen LogP contribution is -2.29. The van der Waals surface area contributed by atoms with E-state index in [0.29, 0.717) is 17.0 Å². The molecule has 3 aromatic rings. The number of aryl methyl sites for hydroxylation is 2. The van der Waals surface area contributed by atoms with Crippen molar-refractivity contribution in [3.05, 3.63) is 89.0 Å². The summed E-state index contributed by atoms with van der Waals surface area (Å²) < 4.78 is 15.3. The van der Waals surface area contributed by atoms with Crippen LogP contribution in [0.15, 0.2) is 66.7 Å². The van der Waals surface area contributed by atoms with Gasteiger partial charge in [-0.05, 0) is 68.3 Å². The first-order valence-corrected chi connectivity index (χ1v) is 11.2. The fraction of sp³-hybridized carbons (Fsp3) is 0.222. The van der Waals surface area contributed by atoms with Gasteiger partial charge in [-0.25, -0.2) is 4.79 Å². The van der Waals surface area contributed by atoms with Crippen LogP contribution in [0.5, 0.6) is 11.5 Å². The van der Waals surface area contributed by atoms with Gasteiger partial charge in [-0.1, -0.05) is 35.9 Å². The maximum Gasteiger partial charge on any atom is 0.513 e. The van der Waals surface area contributed by atoms with E-state index in [1.54, 1.807) is 31.2 Å². The van der Waals surface area contributed by atoms with Crippen LogP contribution in [0.25, 0.3) is 0 Å². The first-order valence-electron chi connectivity index (χ1n) is 11.2. The molecule has 0 aliphatic heterocycles. The van der Waals surface area contributed by atoms with Gasteiger partial charge in [0, 0.05) is 17.8 Å². The number of carbonyl (C=O) groups excluding carboxylic acids is 3. The zero-order valence-corrected chi connectivity index (χ0v) is 19.9. The van der Waals surface area contributed by atoms with E-state index in [-0.39, 0.29) is 37.3 Å². The third-order valence-electron chi connectivity index (χ3n) is 5.01. The lowest BCUT2D eigenvalue weighted by Gasteiger charge is -2.13. The van der Waals surface area contributed by atoms with Gasteiger partial charge in [-0.2, -0.15) is 0 Å². The Bertz CT molecular complexity index is 1190. The minimum absolute atomic E-state index is 0.112. The fourth-order valence-electron chi connectivity index (χ4n) is 3.26. The number of carbonyl (C=O) groups is 3. The number of anilines is 1. The van der Waals surface area contributed by atoms with Crippen molar-refractivity contribution in [2.24, 2.45) is 0 Å². The summed E-state index contributed by atoms with van der Waals surface area (Å²) in [6, 6.07) is 19.1. The topological polar surface area (TPSA) is 103 Å². The molecule has 0 saturated carbocycles. The Hall–Kier alpha value is -4.33. The number of rotatable bonds is 9. The van der Waals surface area contributed by atoms with Crippen LogP contribution in [0.1, 0.15) is 34.0 Å². The SMILES string of the molecule is CCOC(=O)Oc1ccc(C(=O)Nc2ccccc2CNC(=O)COc2ccc(C)cc2C)cc1. The zero-order valence-electron chi connectivity index (χ0n) is 19.9. The summed E-state index contributed by atoms with van der Waals surface area (Å²) in [7, 11) is 0. The van der Waals surface area contributed by atoms with E-state index in [0.717, 1.165) is 16.7 Å². The van der Waals surface area contributed by atoms with Gasteiger partial charge < -0.3 is 24.8 Å². The molecule has 2 N–H and O–H groups in total. The van der Waals surface area contributed by atoms with Crippen LogP contribution in [0.3, 0.4) is 0 Å². The average molecular weight is 477 g/mol. The predicted molar refractivity (Wildman–Crippen MR) is 132 cm³/mol. The highest BCUT2D eigenvalue weighted by Crippen LogP contribution is 2.20. The third-order valence-corrected chi connectivity index (χ3v) is 5.01. The van der Waals surface area contributed by atoms with Gasteiger partial charge >= 0.3 is 6.16 Å². The van der Waals surface area contributed by atoms with E-state index in [1.807, 2.05) is 44.2 Å². The van der Waals surface area contributed by atoms with Crippen molar-refractivity contribution in [2.45, 2.75) is 27.3 Å². The van der Waals surface area contributed by atoms with Gasteiger partial charge in [-0.3, -0.25) is 9.59 Å². The molecular weight excluding hydrogens is 448 g/mol. The molecule has 0 radical (unpaired) electrons. The first kappa shape index (κ1) is 25.3. The van der Waals surface area contributed by atoms with E-state index < -0.39 is 6.16 Å². The van der Waals surface area contributed by atoms with Crippen molar-refractivity contribution in [2.75, 3.05) is 18.5 Å². The number of para-hydroxylation sites is 1. The van der Waals surface area contributed by atoms with Crippen LogP contribution in [0.2, 0.25) is 0 Å². The van der Waals surface area contributed by atoms with Gasteiger partial charge in [0.25, 0.3) is 11.8 Å². The van der Waals surface area contributed by atoms with Gasteiger partial charge in [0.1, 0.15) is 11.5 Å². The summed E-state index contributed by atoms with van der Waals surface area (Å²) in [5, 5.41) is 5.66. The standard InChI is InChI=1S/C27H28N2O6/c1-4-33-27(32)35-22-12-10-20(11-13-22)26(31)29-23-8-6-5-7-21(23)16-28-25(30)17-34-24-14-9-18(2)15-19(24)3/h5-15H,4,16-17H2,1-3H3,(H,28,30)(H,29,31). The Labute approximate surface area is 204 Å². The molecule has 0 aliphatic rings. The number of nitrogens with one attached hydrogen (secondary N) is 2. The summed E-state index contributed by atoms with van der Waals surface area (Å²) in [5.41, 5.74) is 3.77. The number of benzene rings is 3. The van der Waals surface area contributed by atoms with Gasteiger partial charge in [0.05, 0.1) is 6.61 Å². The van der Waals surface area contributed by atoms with Crippen molar-refractivity contribution in [1.29, 1.82) is 0 Å². The molecule has 3 rings (SSSR count). The Morgan fingerprint density at radius 1 is 0.914 bits per heavy atom. The molecule has 35 heavy (non-hydrogen) atoms. The van der Waals surface area contributed by atoms with Gasteiger partial charge in [-0.15, -0.1) is 0 Å². The van der Waals surface area contributed by atoms with E-state index in [1.165, 1.54) is 12.1 Å². The molecule has 0 bridgehead atoms. The molecule has 0 fully saturated rings. The number of amides is 2. The number of hydrogen-bond donors (Lipinski definition) is 2. The normalized spacial score (nSPS) is 10.3. The van der Waals surface area contributed by atoms with E-state index in [4.69, 9.17) is 14.2 Å². The van der Waals surface area contributed by atoms with Crippen LogP contribution < -0.4 is 20.1 Å². The summed E-state index contributed by atoms with van der Waals surface area (Å²) >= 11 is 0. The Morgan fingerprint density at radius 3 is 2.37 bits per heavy atom. The molecule has 0 spiro atoms. The summed E-state index contributed by atoms with van der Waals surface area (Å²) in [4.78, 5) is 36.4. The largest absolute Gasteiger partial charge is 0.513 e. The van der Waals surface area contributed by atoms with Crippen molar-refractivity contribution < 1.29 is 28.6 Å². The molecule has 2 amide bonds. The quantitative estimate of drug-likeness (QED) is 0.340. The van der Waals surface area contributed by atoms with E-state index in [2.05, 4.69) is 10.6 Å². The Balaban J connectivity index is 1.55. The molecule has 0 saturated heterocycles. The minimum Gasteiger partial charge on any atom is -0.484 e. The maximum absolute atomic E-state index is 12.7. The second kappa shape index (κ2) is 12.2. The second-order valence-corrected chi connectivity index (χ2v) is 7.76. The Morgan fingerprint density at radius 2 is 1.66 bits per heavy atom. The summed E-state index contributed by atoms with van der Waals surface area (Å²) in [5.74, 6) is 0.316. The third kappa shape index (κ3) is 7.60. The summed E-state index contributed by atoms with van der Waals surface area (Å²) in [6.07, 6.45) is -0.805. The van der Waals surface area contributed by atoms with Gasteiger partial charge in [0.15, 0.2) is 6.61 Å². The lowest BCUT2D eigenvalue weighted by molar-refractivity contribution is -0.123. The smallest absolute Gasteiger partial charge is 0.484 e. The zero-order chi connectivity index (χ0) is 25.2. The van der Waals surface area contributed by atoms with Crippen LogP contribution >= 0.6 is 0 Å². The van der Waals surface area contributed by atoms with Crippen LogP contribution in [0.4, 0.5) is 10.5 Å². The molecule has 0 atom stereocenters. The van der Waals surface area contributed by atoms with Crippen LogP contribution in [-0.2, 0) is 16.1 Å². The molecular formula is C27H28N2O6. The van der Waals surface area contributed by atoms with Crippen LogP contribution in [0, 0.1) is 13.8 Å². The highest BCUT2D eigenvalue weighted by Gasteiger charge is 2.12. The summed E-state index contributed by atoms with van der Waals surface area (Å²) in [6.45, 7) is 5.92. The van der Waals surface area contributed by atoms with Crippen molar-refractivity contribution >= 4 is 23.7 Å². The average Bonchev–Trinajstić information content (AvgIpc) is 2.83. The molecule has 182 valence electrons. The van der Waals surface area contributed by atoms with E-state index in [9.17, 15) is 14.4 Å².